The van der Waals surface area contributed by atoms with Crippen LogP contribution in [0.1, 0.15) is 79.5 Å². The van der Waals surface area contributed by atoms with Gasteiger partial charge in [0.25, 0.3) is 0 Å². The average molecular weight is 609 g/mol. The summed E-state index contributed by atoms with van der Waals surface area (Å²) in [5.41, 5.74) is 4.58. The van der Waals surface area contributed by atoms with Gasteiger partial charge >= 0.3 is 0 Å². The van der Waals surface area contributed by atoms with E-state index < -0.39 is 5.54 Å². The van der Waals surface area contributed by atoms with Gasteiger partial charge in [0, 0.05) is 18.1 Å². The minimum absolute atomic E-state index is 0.120. The first kappa shape index (κ1) is 31.9. The van der Waals surface area contributed by atoms with E-state index in [4.69, 9.17) is 4.99 Å². The summed E-state index contributed by atoms with van der Waals surface area (Å²) in [6.45, 7) is 3.46. The van der Waals surface area contributed by atoms with Crippen molar-refractivity contribution in [1.29, 1.82) is 0 Å². The van der Waals surface area contributed by atoms with Gasteiger partial charge in [0.15, 0.2) is 5.78 Å². The number of aryl methyl sites for hydroxylation is 1. The van der Waals surface area contributed by atoms with Crippen LogP contribution in [0.25, 0.3) is 0 Å². The first-order chi connectivity index (χ1) is 22.7. The maximum Gasteiger partial charge on any atom is 0.164 e. The fourth-order valence-corrected chi connectivity index (χ4v) is 7.86. The molecule has 4 aromatic rings. The maximum absolute atomic E-state index is 13.7. The second-order valence-corrected chi connectivity index (χ2v) is 13.3. The Morgan fingerprint density at radius 1 is 0.739 bits per heavy atom. The van der Waals surface area contributed by atoms with Crippen LogP contribution in [-0.2, 0) is 16.6 Å². The molecular formula is C43H48N2O. The standard InChI is InChI=1S/C43H48N2O/c46-41(25-24-36-16-5-1-6-17-36)43(31-14-32-44-43)30-13-28-42(39-20-9-3-10-21-39,40-22-11-4-12-23-40)29-15-33-45-34-26-38(27-35-45)37-18-7-2-8-19-37/h1-12,14,16-23,31-32,38H,13,15,24-30,33-35H2. The Bertz CT molecular complexity index is 1500. The highest BCUT2D eigenvalue weighted by Crippen LogP contribution is 2.43. The number of ketones is 1. The van der Waals surface area contributed by atoms with Crippen molar-refractivity contribution < 1.29 is 4.79 Å². The van der Waals surface area contributed by atoms with E-state index in [9.17, 15) is 4.79 Å². The van der Waals surface area contributed by atoms with Crippen molar-refractivity contribution in [2.75, 3.05) is 19.6 Å². The summed E-state index contributed by atoms with van der Waals surface area (Å²) in [7, 11) is 0. The monoisotopic (exact) mass is 608 g/mol. The van der Waals surface area contributed by atoms with Crippen LogP contribution >= 0.6 is 0 Å². The summed E-state index contributed by atoms with van der Waals surface area (Å²) in [5.74, 6) is 0.908. The molecule has 1 atom stereocenters. The predicted molar refractivity (Wildman–Crippen MR) is 192 cm³/mol. The molecule has 0 N–H and O–H groups in total. The number of carbonyl (C=O) groups excluding carboxylic acids is 1. The third kappa shape index (κ3) is 7.65. The van der Waals surface area contributed by atoms with Gasteiger partial charge in [0.05, 0.1) is 0 Å². The zero-order chi connectivity index (χ0) is 31.5. The van der Waals surface area contributed by atoms with E-state index in [0.29, 0.717) is 12.3 Å². The molecule has 2 aliphatic rings. The van der Waals surface area contributed by atoms with Crippen LogP contribution in [0.3, 0.4) is 0 Å². The topological polar surface area (TPSA) is 32.7 Å². The molecule has 6 rings (SSSR count). The zero-order valence-corrected chi connectivity index (χ0v) is 27.1. The summed E-state index contributed by atoms with van der Waals surface area (Å²) in [4.78, 5) is 21.2. The molecule has 1 unspecified atom stereocenters. The van der Waals surface area contributed by atoms with Crippen molar-refractivity contribution in [3.05, 3.63) is 156 Å². The number of carbonyl (C=O) groups is 1. The van der Waals surface area contributed by atoms with Crippen molar-refractivity contribution in [3.63, 3.8) is 0 Å². The number of benzene rings is 4. The quantitative estimate of drug-likeness (QED) is 0.135. The highest BCUT2D eigenvalue weighted by molar-refractivity contribution is 5.96. The number of piperidine rings is 1. The van der Waals surface area contributed by atoms with E-state index in [1.165, 1.54) is 48.2 Å². The van der Waals surface area contributed by atoms with Crippen LogP contribution in [0.2, 0.25) is 0 Å². The fraction of sp³-hybridized carbons (Fsp3) is 0.349. The number of Topliss-reactive ketones (excluding diaryl/α,β-unsaturated/α-hetero) is 1. The minimum atomic E-state index is -0.739. The molecule has 0 bridgehead atoms. The molecule has 0 aromatic heterocycles. The Morgan fingerprint density at radius 3 is 1.89 bits per heavy atom. The predicted octanol–water partition coefficient (Wildman–Crippen LogP) is 9.38. The number of likely N-dealkylation sites (tertiary alicyclic amines) is 1. The van der Waals surface area contributed by atoms with E-state index in [0.717, 1.165) is 45.1 Å². The van der Waals surface area contributed by atoms with Crippen LogP contribution in [0.4, 0.5) is 0 Å². The number of rotatable bonds is 15. The molecule has 1 fully saturated rings. The third-order valence-electron chi connectivity index (χ3n) is 10.5. The third-order valence-corrected chi connectivity index (χ3v) is 10.5. The summed E-state index contributed by atoms with van der Waals surface area (Å²) >= 11 is 0. The largest absolute Gasteiger partial charge is 0.303 e. The molecule has 4 aromatic carbocycles. The summed E-state index contributed by atoms with van der Waals surface area (Å²) in [6, 6.07) is 43.6. The van der Waals surface area contributed by atoms with Crippen molar-refractivity contribution >= 4 is 12.0 Å². The van der Waals surface area contributed by atoms with Crippen LogP contribution in [0.15, 0.2) is 138 Å². The lowest BCUT2D eigenvalue weighted by atomic mass is 9.67. The second-order valence-electron chi connectivity index (χ2n) is 13.3. The lowest BCUT2D eigenvalue weighted by Crippen LogP contribution is -2.36. The average Bonchev–Trinajstić information content (AvgIpc) is 3.62. The van der Waals surface area contributed by atoms with Gasteiger partial charge in [0.1, 0.15) is 5.54 Å². The molecule has 236 valence electrons. The highest BCUT2D eigenvalue weighted by Gasteiger charge is 2.38. The smallest absolute Gasteiger partial charge is 0.164 e. The maximum atomic E-state index is 13.7. The Morgan fingerprint density at radius 2 is 1.30 bits per heavy atom. The summed E-state index contributed by atoms with van der Waals surface area (Å²) < 4.78 is 0. The Balaban J connectivity index is 1.15. The lowest BCUT2D eigenvalue weighted by molar-refractivity contribution is -0.122. The number of allylic oxidation sites excluding steroid dienone is 1. The summed E-state index contributed by atoms with van der Waals surface area (Å²) in [6.07, 6.45) is 14.4. The van der Waals surface area contributed by atoms with Crippen molar-refractivity contribution in [1.82, 2.24) is 4.90 Å². The summed E-state index contributed by atoms with van der Waals surface area (Å²) in [5, 5.41) is 0. The van der Waals surface area contributed by atoms with Crippen LogP contribution in [0, 0.1) is 0 Å². The van der Waals surface area contributed by atoms with Crippen molar-refractivity contribution in [3.8, 4) is 0 Å². The molecule has 0 spiro atoms. The van der Waals surface area contributed by atoms with Gasteiger partial charge in [0.2, 0.25) is 0 Å². The first-order valence-corrected chi connectivity index (χ1v) is 17.4. The molecular weight excluding hydrogens is 560 g/mol. The van der Waals surface area contributed by atoms with E-state index in [2.05, 4.69) is 108 Å². The van der Waals surface area contributed by atoms with E-state index in [1.54, 1.807) is 0 Å². The SMILES string of the molecule is O=C(CCc1ccccc1)C1(CCCC(CCCN2CCC(c3ccccc3)CC2)(c2ccccc2)c2ccccc2)C=CC=N1. The number of nitrogens with zero attached hydrogens (tertiary/aromatic N) is 2. The van der Waals surface area contributed by atoms with Gasteiger partial charge in [-0.3, -0.25) is 9.79 Å². The Hall–Kier alpha value is -4.08. The van der Waals surface area contributed by atoms with Crippen LogP contribution in [0.5, 0.6) is 0 Å². The van der Waals surface area contributed by atoms with E-state index >= 15 is 0 Å². The molecule has 0 aliphatic carbocycles. The molecule has 2 heterocycles. The molecule has 3 nitrogen and oxygen atoms in total. The molecule has 0 amide bonds. The number of hydrogen-bond acceptors (Lipinski definition) is 3. The minimum Gasteiger partial charge on any atom is -0.303 e. The normalized spacial score (nSPS) is 18.6. The van der Waals surface area contributed by atoms with Gasteiger partial charge in [-0.2, -0.15) is 0 Å². The molecule has 46 heavy (non-hydrogen) atoms. The lowest BCUT2D eigenvalue weighted by Gasteiger charge is -2.38. The van der Waals surface area contributed by atoms with E-state index in [1.807, 2.05) is 36.6 Å². The van der Waals surface area contributed by atoms with E-state index in [-0.39, 0.29) is 11.2 Å². The van der Waals surface area contributed by atoms with Gasteiger partial charge in [-0.1, -0.05) is 121 Å². The molecule has 0 saturated carbocycles. The van der Waals surface area contributed by atoms with Gasteiger partial charge in [-0.15, -0.1) is 0 Å². The molecule has 2 aliphatic heterocycles. The zero-order valence-electron chi connectivity index (χ0n) is 27.1. The van der Waals surface area contributed by atoms with Gasteiger partial charge in [-0.05, 0) is 111 Å². The Labute approximate surface area is 276 Å². The first-order valence-electron chi connectivity index (χ1n) is 17.4. The van der Waals surface area contributed by atoms with Gasteiger partial charge in [-0.25, -0.2) is 0 Å². The number of hydrogen-bond donors (Lipinski definition) is 0. The highest BCUT2D eigenvalue weighted by atomic mass is 16.1. The fourth-order valence-electron chi connectivity index (χ4n) is 7.86. The van der Waals surface area contributed by atoms with Crippen LogP contribution < -0.4 is 0 Å². The van der Waals surface area contributed by atoms with Crippen molar-refractivity contribution in [2.45, 2.75) is 74.7 Å². The van der Waals surface area contributed by atoms with Crippen LogP contribution in [-0.4, -0.2) is 42.1 Å². The van der Waals surface area contributed by atoms with Gasteiger partial charge < -0.3 is 4.90 Å². The second kappa shape index (κ2) is 15.5. The molecule has 3 heteroatoms. The molecule has 1 saturated heterocycles. The number of aliphatic imine (C=N–C) groups is 1. The van der Waals surface area contributed by atoms with Crippen molar-refractivity contribution in [2.24, 2.45) is 4.99 Å². The molecule has 0 radical (unpaired) electrons. The Kier molecular flexibility index (Phi) is 10.7.